The number of nitrogens with one attached hydrogen (secondary N) is 1. The van der Waals surface area contributed by atoms with Gasteiger partial charge in [0.1, 0.15) is 0 Å². The number of H-pyrrole nitrogens is 1. The number of aromatic nitrogens is 2. The Morgan fingerprint density at radius 3 is 3.00 bits per heavy atom. The fourth-order valence-electron chi connectivity index (χ4n) is 1.18. The van der Waals surface area contributed by atoms with Crippen LogP contribution < -0.4 is 5.56 Å². The van der Waals surface area contributed by atoms with Gasteiger partial charge in [-0.25, -0.2) is 0 Å². The molecule has 0 aliphatic carbocycles. The van der Waals surface area contributed by atoms with Crippen LogP contribution in [-0.4, -0.2) is 9.97 Å². The number of rotatable bonds is 0. The van der Waals surface area contributed by atoms with Crippen molar-refractivity contribution >= 4 is 26.8 Å². The van der Waals surface area contributed by atoms with Gasteiger partial charge in [0, 0.05) is 17.3 Å². The fraction of sp³-hybridized carbons (Fsp3) is 0.111. The maximum atomic E-state index is 11.2. The summed E-state index contributed by atoms with van der Waals surface area (Å²) in [5.41, 5.74) is 1.60. The zero-order valence-electron chi connectivity index (χ0n) is 6.97. The number of fused-ring (bicyclic) bond motifs is 1. The van der Waals surface area contributed by atoms with Crippen LogP contribution in [0.3, 0.4) is 0 Å². The van der Waals surface area contributed by atoms with Crippen LogP contribution in [-0.2, 0) is 0 Å². The van der Waals surface area contributed by atoms with Crippen molar-refractivity contribution in [3.8, 4) is 0 Å². The highest BCUT2D eigenvalue weighted by Crippen LogP contribution is 2.13. The second kappa shape index (κ2) is 2.96. The summed E-state index contributed by atoms with van der Waals surface area (Å²) in [6, 6.07) is 3.61. The number of aryl methyl sites for hydroxylation is 1. The van der Waals surface area contributed by atoms with Crippen LogP contribution in [0.25, 0.3) is 10.9 Å². The van der Waals surface area contributed by atoms with E-state index in [0.717, 1.165) is 16.6 Å². The molecule has 0 aliphatic heterocycles. The molecule has 0 bridgehead atoms. The van der Waals surface area contributed by atoms with E-state index in [2.05, 4.69) is 25.9 Å². The van der Waals surface area contributed by atoms with Gasteiger partial charge in [-0.3, -0.25) is 9.78 Å². The number of hydrogen-bond acceptors (Lipinski definition) is 2. The second-order valence-corrected chi connectivity index (χ2v) is 3.71. The molecule has 0 aliphatic rings. The first kappa shape index (κ1) is 8.44. The lowest BCUT2D eigenvalue weighted by Gasteiger charge is -1.98. The number of pyridine rings is 2. The van der Waals surface area contributed by atoms with Gasteiger partial charge in [-0.1, -0.05) is 0 Å². The van der Waals surface area contributed by atoms with Crippen LogP contribution in [0.5, 0.6) is 0 Å². The SMILES string of the molecule is Cc1cc2[nH]c(=O)c(Br)cc2cn1. The minimum atomic E-state index is -0.113. The molecule has 0 saturated carbocycles. The van der Waals surface area contributed by atoms with Crippen molar-refractivity contribution in [2.45, 2.75) is 6.92 Å². The maximum Gasteiger partial charge on any atom is 0.262 e. The molecule has 0 unspecified atom stereocenters. The summed E-state index contributed by atoms with van der Waals surface area (Å²) in [7, 11) is 0. The molecule has 13 heavy (non-hydrogen) atoms. The molecule has 0 spiro atoms. The van der Waals surface area contributed by atoms with Gasteiger partial charge >= 0.3 is 0 Å². The largest absolute Gasteiger partial charge is 0.321 e. The molecule has 1 N–H and O–H groups in total. The van der Waals surface area contributed by atoms with E-state index in [9.17, 15) is 4.79 Å². The number of aromatic amines is 1. The molecule has 2 aromatic heterocycles. The Morgan fingerprint density at radius 2 is 2.23 bits per heavy atom. The first-order valence-electron chi connectivity index (χ1n) is 3.82. The van der Waals surface area contributed by atoms with Gasteiger partial charge in [-0.05, 0) is 35.0 Å². The first-order chi connectivity index (χ1) is 6.16. The van der Waals surface area contributed by atoms with E-state index in [1.165, 1.54) is 0 Å². The van der Waals surface area contributed by atoms with Crippen molar-refractivity contribution < 1.29 is 0 Å². The van der Waals surface area contributed by atoms with E-state index in [0.29, 0.717) is 4.47 Å². The molecule has 0 radical (unpaired) electrons. The molecule has 0 saturated heterocycles. The van der Waals surface area contributed by atoms with Gasteiger partial charge in [0.05, 0.1) is 9.99 Å². The van der Waals surface area contributed by atoms with Crippen molar-refractivity contribution in [3.05, 3.63) is 38.9 Å². The van der Waals surface area contributed by atoms with Gasteiger partial charge in [-0.15, -0.1) is 0 Å². The number of halogens is 1. The molecule has 3 nitrogen and oxygen atoms in total. The number of hydrogen-bond donors (Lipinski definition) is 1. The van der Waals surface area contributed by atoms with Gasteiger partial charge in [0.25, 0.3) is 5.56 Å². The summed E-state index contributed by atoms with van der Waals surface area (Å²) in [6.45, 7) is 1.89. The van der Waals surface area contributed by atoms with Gasteiger partial charge in [0.2, 0.25) is 0 Å². The zero-order valence-corrected chi connectivity index (χ0v) is 8.55. The fourth-order valence-corrected chi connectivity index (χ4v) is 1.52. The highest BCUT2D eigenvalue weighted by molar-refractivity contribution is 9.10. The normalized spacial score (nSPS) is 10.6. The smallest absolute Gasteiger partial charge is 0.262 e. The van der Waals surface area contributed by atoms with E-state index in [1.807, 2.05) is 13.0 Å². The van der Waals surface area contributed by atoms with Gasteiger partial charge in [-0.2, -0.15) is 0 Å². The maximum absolute atomic E-state index is 11.2. The standard InChI is InChI=1S/C9H7BrN2O/c1-5-2-8-6(4-11-5)3-7(10)9(13)12-8/h2-4H,1H3,(H,12,13). The average Bonchev–Trinajstić information content (AvgIpc) is 2.08. The third-order valence-corrected chi connectivity index (χ3v) is 2.41. The topological polar surface area (TPSA) is 45.8 Å². The first-order valence-corrected chi connectivity index (χ1v) is 4.61. The van der Waals surface area contributed by atoms with E-state index in [1.54, 1.807) is 12.3 Å². The molecule has 66 valence electrons. The Hall–Kier alpha value is -1.16. The third kappa shape index (κ3) is 1.49. The van der Waals surface area contributed by atoms with E-state index >= 15 is 0 Å². The molecule has 4 heteroatoms. The van der Waals surface area contributed by atoms with Gasteiger partial charge < -0.3 is 4.98 Å². The van der Waals surface area contributed by atoms with Crippen LogP contribution in [0.2, 0.25) is 0 Å². The van der Waals surface area contributed by atoms with Crippen molar-refractivity contribution in [1.82, 2.24) is 9.97 Å². The molecule has 2 heterocycles. The summed E-state index contributed by atoms with van der Waals surface area (Å²) in [5, 5.41) is 0.928. The van der Waals surface area contributed by atoms with Crippen LogP contribution in [0, 0.1) is 6.92 Å². The summed E-state index contributed by atoms with van der Waals surface area (Å²) >= 11 is 3.16. The monoisotopic (exact) mass is 238 g/mol. The zero-order chi connectivity index (χ0) is 9.42. The quantitative estimate of drug-likeness (QED) is 0.764. The number of nitrogens with zero attached hydrogens (tertiary/aromatic N) is 1. The van der Waals surface area contributed by atoms with Crippen LogP contribution in [0.15, 0.2) is 27.6 Å². The van der Waals surface area contributed by atoms with Gasteiger partial charge in [0.15, 0.2) is 0 Å². The molecule has 0 fully saturated rings. The Morgan fingerprint density at radius 1 is 1.46 bits per heavy atom. The lowest BCUT2D eigenvalue weighted by atomic mass is 10.2. The third-order valence-electron chi connectivity index (χ3n) is 1.82. The average molecular weight is 239 g/mol. The minimum Gasteiger partial charge on any atom is -0.321 e. The molecule has 2 rings (SSSR count). The Bertz CT molecular complexity index is 518. The van der Waals surface area contributed by atoms with E-state index in [4.69, 9.17) is 0 Å². The van der Waals surface area contributed by atoms with Crippen molar-refractivity contribution in [2.75, 3.05) is 0 Å². The molecular formula is C9H7BrN2O. The Labute approximate surface area is 82.9 Å². The molecule has 0 aromatic carbocycles. The van der Waals surface area contributed by atoms with Crippen molar-refractivity contribution in [3.63, 3.8) is 0 Å². The highest BCUT2D eigenvalue weighted by atomic mass is 79.9. The van der Waals surface area contributed by atoms with Crippen molar-refractivity contribution in [1.29, 1.82) is 0 Å². The Kier molecular flexibility index (Phi) is 1.92. The van der Waals surface area contributed by atoms with Crippen LogP contribution in [0.1, 0.15) is 5.69 Å². The second-order valence-electron chi connectivity index (χ2n) is 2.86. The summed E-state index contributed by atoms with van der Waals surface area (Å²) in [4.78, 5) is 18.1. The van der Waals surface area contributed by atoms with E-state index < -0.39 is 0 Å². The lowest BCUT2D eigenvalue weighted by molar-refractivity contribution is 1.19. The predicted molar refractivity (Wildman–Crippen MR) is 54.8 cm³/mol. The van der Waals surface area contributed by atoms with Crippen LogP contribution in [0.4, 0.5) is 0 Å². The minimum absolute atomic E-state index is 0.113. The predicted octanol–water partition coefficient (Wildman–Crippen LogP) is 1.99. The summed E-state index contributed by atoms with van der Waals surface area (Å²) < 4.78 is 0.533. The summed E-state index contributed by atoms with van der Waals surface area (Å²) in [6.07, 6.45) is 1.74. The highest BCUT2D eigenvalue weighted by Gasteiger charge is 1.99. The molecule has 0 atom stereocenters. The van der Waals surface area contributed by atoms with Crippen molar-refractivity contribution in [2.24, 2.45) is 0 Å². The molecule has 2 aromatic rings. The van der Waals surface area contributed by atoms with Crippen LogP contribution >= 0.6 is 15.9 Å². The lowest BCUT2D eigenvalue weighted by Crippen LogP contribution is -2.05. The molecular weight excluding hydrogens is 232 g/mol. The Balaban J connectivity index is 2.89. The molecule has 0 amide bonds. The van der Waals surface area contributed by atoms with E-state index in [-0.39, 0.29) is 5.56 Å². The summed E-state index contributed by atoms with van der Waals surface area (Å²) in [5.74, 6) is 0.